The second kappa shape index (κ2) is 6.86. The highest BCUT2D eigenvalue weighted by Gasteiger charge is 2.30. The maximum atomic E-state index is 12.4. The van der Waals surface area contributed by atoms with E-state index in [1.807, 2.05) is 11.8 Å². The SMILES string of the molecule is CCc1ccc(C2CNCCN2C(=O)[C@@H](N)CC)cc1. The van der Waals surface area contributed by atoms with E-state index in [9.17, 15) is 4.79 Å². The molecule has 0 bridgehead atoms. The summed E-state index contributed by atoms with van der Waals surface area (Å²) in [5.74, 6) is 0.0681. The molecule has 0 radical (unpaired) electrons. The zero-order valence-electron chi connectivity index (χ0n) is 12.4. The predicted molar refractivity (Wildman–Crippen MR) is 81.4 cm³/mol. The minimum absolute atomic E-state index is 0.0681. The fourth-order valence-electron chi connectivity index (χ4n) is 2.63. The third-order valence-electron chi connectivity index (χ3n) is 4.06. The number of carbonyl (C=O) groups is 1. The normalized spacial score (nSPS) is 20.8. The number of hydrogen-bond donors (Lipinski definition) is 2. The van der Waals surface area contributed by atoms with Gasteiger partial charge in [-0.2, -0.15) is 0 Å². The van der Waals surface area contributed by atoms with Crippen LogP contribution in [0.3, 0.4) is 0 Å². The quantitative estimate of drug-likeness (QED) is 0.874. The van der Waals surface area contributed by atoms with E-state index in [0.29, 0.717) is 6.42 Å². The molecule has 1 aliphatic heterocycles. The van der Waals surface area contributed by atoms with Gasteiger partial charge in [-0.25, -0.2) is 0 Å². The van der Waals surface area contributed by atoms with Crippen molar-refractivity contribution < 1.29 is 4.79 Å². The summed E-state index contributed by atoms with van der Waals surface area (Å²) >= 11 is 0. The molecule has 1 aliphatic rings. The molecule has 0 aromatic heterocycles. The first-order valence-electron chi connectivity index (χ1n) is 7.53. The Hall–Kier alpha value is -1.39. The predicted octanol–water partition coefficient (Wildman–Crippen LogP) is 1.46. The second-order valence-corrected chi connectivity index (χ2v) is 5.36. The standard InChI is InChI=1S/C16H25N3O/c1-3-12-5-7-13(8-6-12)15-11-18-9-10-19(15)16(20)14(17)4-2/h5-8,14-15,18H,3-4,9-11,17H2,1-2H3/t14-,15?/m0/s1. The molecule has 110 valence electrons. The molecule has 0 saturated carbocycles. The van der Waals surface area contributed by atoms with E-state index in [1.165, 1.54) is 11.1 Å². The van der Waals surface area contributed by atoms with Gasteiger partial charge in [0.05, 0.1) is 12.1 Å². The van der Waals surface area contributed by atoms with Crippen LogP contribution in [0.2, 0.25) is 0 Å². The van der Waals surface area contributed by atoms with Crippen molar-refractivity contribution in [2.45, 2.75) is 38.8 Å². The Morgan fingerprint density at radius 3 is 2.70 bits per heavy atom. The number of piperazine rings is 1. The van der Waals surface area contributed by atoms with Gasteiger partial charge in [0, 0.05) is 19.6 Å². The summed E-state index contributed by atoms with van der Waals surface area (Å²) in [7, 11) is 0. The minimum Gasteiger partial charge on any atom is -0.332 e. The lowest BCUT2D eigenvalue weighted by atomic mass is 10.00. The van der Waals surface area contributed by atoms with E-state index in [1.54, 1.807) is 0 Å². The van der Waals surface area contributed by atoms with E-state index in [4.69, 9.17) is 5.73 Å². The first-order chi connectivity index (χ1) is 9.67. The number of benzene rings is 1. The highest BCUT2D eigenvalue weighted by atomic mass is 16.2. The van der Waals surface area contributed by atoms with Crippen molar-refractivity contribution in [2.24, 2.45) is 5.73 Å². The third-order valence-corrected chi connectivity index (χ3v) is 4.06. The van der Waals surface area contributed by atoms with Crippen LogP contribution in [0.15, 0.2) is 24.3 Å². The van der Waals surface area contributed by atoms with Crippen LogP contribution in [0, 0.1) is 0 Å². The fourth-order valence-corrected chi connectivity index (χ4v) is 2.63. The summed E-state index contributed by atoms with van der Waals surface area (Å²) in [6.07, 6.45) is 1.72. The van der Waals surface area contributed by atoms with Crippen molar-refractivity contribution in [1.82, 2.24) is 10.2 Å². The van der Waals surface area contributed by atoms with Crippen LogP contribution in [0.25, 0.3) is 0 Å². The van der Waals surface area contributed by atoms with Crippen molar-refractivity contribution in [3.63, 3.8) is 0 Å². The first-order valence-corrected chi connectivity index (χ1v) is 7.53. The molecule has 1 heterocycles. The molecule has 1 saturated heterocycles. The van der Waals surface area contributed by atoms with Gasteiger partial charge >= 0.3 is 0 Å². The Balaban J connectivity index is 2.19. The molecule has 3 N–H and O–H groups in total. The van der Waals surface area contributed by atoms with Gasteiger partial charge in [0.25, 0.3) is 0 Å². The number of carbonyl (C=O) groups excluding carboxylic acids is 1. The van der Waals surface area contributed by atoms with Crippen LogP contribution in [0.4, 0.5) is 0 Å². The Labute approximate surface area is 121 Å². The number of amides is 1. The molecular weight excluding hydrogens is 250 g/mol. The Kier molecular flexibility index (Phi) is 5.15. The lowest BCUT2D eigenvalue weighted by Crippen LogP contribution is -2.53. The van der Waals surface area contributed by atoms with Crippen molar-refractivity contribution in [3.05, 3.63) is 35.4 Å². The zero-order chi connectivity index (χ0) is 14.5. The van der Waals surface area contributed by atoms with Crippen LogP contribution in [-0.2, 0) is 11.2 Å². The number of nitrogens with one attached hydrogen (secondary N) is 1. The third kappa shape index (κ3) is 3.19. The van der Waals surface area contributed by atoms with Crippen molar-refractivity contribution >= 4 is 5.91 Å². The molecule has 0 spiro atoms. The zero-order valence-corrected chi connectivity index (χ0v) is 12.4. The van der Waals surface area contributed by atoms with Gasteiger partial charge in [-0.15, -0.1) is 0 Å². The van der Waals surface area contributed by atoms with Crippen LogP contribution in [0.5, 0.6) is 0 Å². The molecule has 1 aromatic carbocycles. The number of hydrogen-bond acceptors (Lipinski definition) is 3. The van der Waals surface area contributed by atoms with Gasteiger partial charge in [-0.3, -0.25) is 4.79 Å². The molecule has 20 heavy (non-hydrogen) atoms. The molecule has 0 aliphatic carbocycles. The summed E-state index contributed by atoms with van der Waals surface area (Å²) in [6, 6.07) is 8.27. The Morgan fingerprint density at radius 1 is 1.40 bits per heavy atom. The summed E-state index contributed by atoms with van der Waals surface area (Å²) in [6.45, 7) is 6.47. The van der Waals surface area contributed by atoms with Crippen molar-refractivity contribution in [2.75, 3.05) is 19.6 Å². The summed E-state index contributed by atoms with van der Waals surface area (Å²) in [5, 5.41) is 3.37. The number of rotatable bonds is 4. The number of nitrogens with zero attached hydrogens (tertiary/aromatic N) is 1. The average Bonchev–Trinajstić information content (AvgIpc) is 2.53. The molecule has 4 nitrogen and oxygen atoms in total. The van der Waals surface area contributed by atoms with Gasteiger partial charge in [0.1, 0.15) is 0 Å². The van der Waals surface area contributed by atoms with E-state index >= 15 is 0 Å². The maximum Gasteiger partial charge on any atom is 0.240 e. The van der Waals surface area contributed by atoms with Crippen LogP contribution >= 0.6 is 0 Å². The highest BCUT2D eigenvalue weighted by molar-refractivity contribution is 5.82. The van der Waals surface area contributed by atoms with Gasteiger partial charge < -0.3 is 16.0 Å². The number of nitrogens with two attached hydrogens (primary N) is 1. The molecule has 1 aromatic rings. The fraction of sp³-hybridized carbons (Fsp3) is 0.562. The molecule has 2 atom stereocenters. The topological polar surface area (TPSA) is 58.4 Å². The Morgan fingerprint density at radius 2 is 2.10 bits per heavy atom. The maximum absolute atomic E-state index is 12.4. The van der Waals surface area contributed by atoms with Crippen LogP contribution < -0.4 is 11.1 Å². The van der Waals surface area contributed by atoms with Crippen molar-refractivity contribution in [3.8, 4) is 0 Å². The molecule has 4 heteroatoms. The molecular formula is C16H25N3O. The lowest BCUT2D eigenvalue weighted by molar-refractivity contribution is -0.136. The lowest BCUT2D eigenvalue weighted by Gasteiger charge is -2.38. The van der Waals surface area contributed by atoms with Gasteiger partial charge in [-0.1, -0.05) is 38.1 Å². The summed E-state index contributed by atoms with van der Waals surface area (Å²) in [5.41, 5.74) is 8.43. The second-order valence-electron chi connectivity index (χ2n) is 5.36. The molecule has 1 unspecified atom stereocenters. The van der Waals surface area contributed by atoms with Crippen LogP contribution in [0.1, 0.15) is 37.4 Å². The Bertz CT molecular complexity index is 444. The highest BCUT2D eigenvalue weighted by Crippen LogP contribution is 2.23. The van der Waals surface area contributed by atoms with E-state index in [-0.39, 0.29) is 18.0 Å². The molecule has 2 rings (SSSR count). The van der Waals surface area contributed by atoms with E-state index in [0.717, 1.165) is 26.1 Å². The van der Waals surface area contributed by atoms with Crippen molar-refractivity contribution in [1.29, 1.82) is 0 Å². The average molecular weight is 275 g/mol. The molecule has 1 fully saturated rings. The smallest absolute Gasteiger partial charge is 0.240 e. The van der Waals surface area contributed by atoms with E-state index < -0.39 is 0 Å². The monoisotopic (exact) mass is 275 g/mol. The molecule has 1 amide bonds. The van der Waals surface area contributed by atoms with Crippen LogP contribution in [-0.4, -0.2) is 36.5 Å². The summed E-state index contributed by atoms with van der Waals surface area (Å²) in [4.78, 5) is 14.3. The summed E-state index contributed by atoms with van der Waals surface area (Å²) < 4.78 is 0. The van der Waals surface area contributed by atoms with Gasteiger partial charge in [0.2, 0.25) is 5.91 Å². The largest absolute Gasteiger partial charge is 0.332 e. The van der Waals surface area contributed by atoms with Gasteiger partial charge in [0.15, 0.2) is 0 Å². The first kappa shape index (κ1) is 15.0. The van der Waals surface area contributed by atoms with Gasteiger partial charge in [-0.05, 0) is 24.0 Å². The minimum atomic E-state index is -0.384. The number of aryl methyl sites for hydroxylation is 1. The van der Waals surface area contributed by atoms with E-state index in [2.05, 4.69) is 36.5 Å².